The largest absolute Gasteiger partial charge is 0.478 e. The molecule has 2 N–H and O–H groups in total. The summed E-state index contributed by atoms with van der Waals surface area (Å²) in [5.41, 5.74) is 1.00. The minimum Gasteiger partial charge on any atom is -0.478 e. The minimum atomic E-state index is -0.942. The first-order valence-corrected chi connectivity index (χ1v) is 6.15. The summed E-state index contributed by atoms with van der Waals surface area (Å²) in [6, 6.07) is 6.39. The highest BCUT2D eigenvalue weighted by Crippen LogP contribution is 2.32. The highest BCUT2D eigenvalue weighted by molar-refractivity contribution is 5.87. The van der Waals surface area contributed by atoms with Crippen LogP contribution in [-0.2, 0) is 0 Å². The molecule has 0 bridgehead atoms. The molecule has 0 unspecified atom stereocenters. The van der Waals surface area contributed by atoms with Gasteiger partial charge < -0.3 is 10.2 Å². The maximum absolute atomic E-state index is 10.7. The smallest absolute Gasteiger partial charge is 0.335 e. The number of aliphatic hydroxyl groups is 1. The molecule has 96 valence electrons. The molecule has 0 aromatic heterocycles. The molecule has 1 aromatic rings. The van der Waals surface area contributed by atoms with E-state index in [0.717, 1.165) is 18.4 Å². The standard InChI is InChI=1S/C16H14O3/c17-11-14-9-13(10-14)4-2-1-3-12-5-7-15(8-6-12)16(18)19/h5-8,13-14,17H,9-11H2,(H,18,19)/t13-,14-. The van der Waals surface area contributed by atoms with Crippen molar-refractivity contribution in [3.05, 3.63) is 35.4 Å². The van der Waals surface area contributed by atoms with Gasteiger partial charge in [-0.25, -0.2) is 4.79 Å². The van der Waals surface area contributed by atoms with E-state index in [9.17, 15) is 4.79 Å². The van der Waals surface area contributed by atoms with E-state index >= 15 is 0 Å². The summed E-state index contributed by atoms with van der Waals surface area (Å²) in [5, 5.41) is 17.6. The number of carbonyl (C=O) groups is 1. The van der Waals surface area contributed by atoms with Crippen LogP contribution in [-0.4, -0.2) is 22.8 Å². The van der Waals surface area contributed by atoms with Gasteiger partial charge in [-0.05, 0) is 54.9 Å². The predicted molar refractivity (Wildman–Crippen MR) is 71.4 cm³/mol. The maximum Gasteiger partial charge on any atom is 0.335 e. The number of hydrogen-bond acceptors (Lipinski definition) is 2. The van der Waals surface area contributed by atoms with Gasteiger partial charge in [-0.3, -0.25) is 0 Å². The highest BCUT2D eigenvalue weighted by Gasteiger charge is 2.26. The normalized spacial score (nSPS) is 20.3. The molecule has 0 spiro atoms. The average Bonchev–Trinajstić information content (AvgIpc) is 2.37. The molecular formula is C16H14O3. The van der Waals surface area contributed by atoms with E-state index in [0.29, 0.717) is 11.8 Å². The molecule has 1 fully saturated rings. The fourth-order valence-corrected chi connectivity index (χ4v) is 1.94. The lowest BCUT2D eigenvalue weighted by Gasteiger charge is -2.29. The van der Waals surface area contributed by atoms with Crippen molar-refractivity contribution in [3.63, 3.8) is 0 Å². The molecule has 0 atom stereocenters. The molecule has 1 aliphatic rings. The maximum atomic E-state index is 10.7. The molecule has 2 rings (SSSR count). The van der Waals surface area contributed by atoms with Gasteiger partial charge in [-0.1, -0.05) is 11.8 Å². The zero-order valence-electron chi connectivity index (χ0n) is 10.4. The van der Waals surface area contributed by atoms with E-state index in [4.69, 9.17) is 10.2 Å². The number of hydrogen-bond donors (Lipinski definition) is 2. The zero-order valence-corrected chi connectivity index (χ0v) is 10.4. The molecule has 0 heterocycles. The Morgan fingerprint density at radius 3 is 2.47 bits per heavy atom. The molecule has 0 saturated heterocycles. The molecule has 1 aromatic carbocycles. The minimum absolute atomic E-state index is 0.250. The van der Waals surface area contributed by atoms with Crippen LogP contribution >= 0.6 is 0 Å². The molecule has 3 heteroatoms. The number of carboxylic acid groups (broad SMARTS) is 1. The van der Waals surface area contributed by atoms with E-state index in [1.807, 2.05) is 0 Å². The fourth-order valence-electron chi connectivity index (χ4n) is 1.94. The number of rotatable bonds is 2. The van der Waals surface area contributed by atoms with E-state index in [2.05, 4.69) is 23.7 Å². The Kier molecular flexibility index (Phi) is 4.23. The Labute approximate surface area is 112 Å². The summed E-state index contributed by atoms with van der Waals surface area (Å²) >= 11 is 0. The molecule has 1 saturated carbocycles. The second-order valence-electron chi connectivity index (χ2n) is 4.62. The quantitative estimate of drug-likeness (QED) is 0.791. The van der Waals surface area contributed by atoms with Gasteiger partial charge in [0.2, 0.25) is 0 Å². The second kappa shape index (κ2) is 6.09. The van der Waals surface area contributed by atoms with Crippen LogP contribution in [0.15, 0.2) is 24.3 Å². The third-order valence-electron chi connectivity index (χ3n) is 3.17. The summed E-state index contributed by atoms with van der Waals surface area (Å²) in [5.74, 6) is 11.3. The number of carboxylic acids is 1. The van der Waals surface area contributed by atoms with Crippen LogP contribution in [0.1, 0.15) is 28.8 Å². The van der Waals surface area contributed by atoms with Crippen molar-refractivity contribution in [2.75, 3.05) is 6.61 Å². The van der Waals surface area contributed by atoms with Crippen molar-refractivity contribution in [2.45, 2.75) is 12.8 Å². The SMILES string of the molecule is O=C(O)c1ccc(C#CC#C[C@H]2C[C@H](CO)C2)cc1. The molecular weight excluding hydrogens is 240 g/mol. The van der Waals surface area contributed by atoms with Crippen molar-refractivity contribution in [1.29, 1.82) is 0 Å². The Morgan fingerprint density at radius 2 is 1.89 bits per heavy atom. The fraction of sp³-hybridized carbons (Fsp3) is 0.312. The highest BCUT2D eigenvalue weighted by atomic mass is 16.4. The Balaban J connectivity index is 1.90. The summed E-state index contributed by atoms with van der Waals surface area (Å²) in [7, 11) is 0. The molecule has 0 aliphatic heterocycles. The average molecular weight is 254 g/mol. The summed E-state index contributed by atoms with van der Waals surface area (Å²) in [6.07, 6.45) is 1.91. The summed E-state index contributed by atoms with van der Waals surface area (Å²) < 4.78 is 0. The van der Waals surface area contributed by atoms with Gasteiger partial charge in [-0.15, -0.1) is 0 Å². The van der Waals surface area contributed by atoms with Crippen LogP contribution in [0.25, 0.3) is 0 Å². The summed E-state index contributed by atoms with van der Waals surface area (Å²) in [6.45, 7) is 0.250. The van der Waals surface area contributed by atoms with E-state index in [-0.39, 0.29) is 12.2 Å². The predicted octanol–water partition coefficient (Wildman–Crippen LogP) is 1.76. The van der Waals surface area contributed by atoms with Crippen LogP contribution in [0, 0.1) is 35.5 Å². The lowest BCUT2D eigenvalue weighted by Crippen LogP contribution is -2.25. The lowest BCUT2D eigenvalue weighted by molar-refractivity contribution is 0.0697. The molecule has 0 radical (unpaired) electrons. The van der Waals surface area contributed by atoms with Gasteiger partial charge in [0.1, 0.15) is 0 Å². The van der Waals surface area contributed by atoms with E-state index < -0.39 is 5.97 Å². The van der Waals surface area contributed by atoms with Crippen molar-refractivity contribution in [3.8, 4) is 23.7 Å². The van der Waals surface area contributed by atoms with Crippen molar-refractivity contribution in [1.82, 2.24) is 0 Å². The van der Waals surface area contributed by atoms with Crippen LogP contribution in [0.3, 0.4) is 0 Å². The summed E-state index contributed by atoms with van der Waals surface area (Å²) in [4.78, 5) is 10.7. The third kappa shape index (κ3) is 3.61. The van der Waals surface area contributed by atoms with Crippen molar-refractivity contribution < 1.29 is 15.0 Å². The Bertz CT molecular complexity index is 572. The molecule has 19 heavy (non-hydrogen) atoms. The van der Waals surface area contributed by atoms with Crippen LogP contribution in [0.2, 0.25) is 0 Å². The molecule has 1 aliphatic carbocycles. The number of benzene rings is 1. The van der Waals surface area contributed by atoms with Gasteiger partial charge in [0.25, 0.3) is 0 Å². The number of aromatic carboxylic acids is 1. The monoisotopic (exact) mass is 254 g/mol. The van der Waals surface area contributed by atoms with Crippen LogP contribution in [0.5, 0.6) is 0 Å². The lowest BCUT2D eigenvalue weighted by atomic mass is 9.76. The first-order valence-electron chi connectivity index (χ1n) is 6.15. The van der Waals surface area contributed by atoms with Gasteiger partial charge in [-0.2, -0.15) is 0 Å². The van der Waals surface area contributed by atoms with Crippen LogP contribution in [0.4, 0.5) is 0 Å². The van der Waals surface area contributed by atoms with E-state index in [1.54, 1.807) is 12.1 Å². The van der Waals surface area contributed by atoms with Gasteiger partial charge in [0, 0.05) is 18.1 Å². The van der Waals surface area contributed by atoms with Gasteiger partial charge in [0.05, 0.1) is 5.56 Å². The Hall–Kier alpha value is -2.23. The zero-order chi connectivity index (χ0) is 13.7. The topological polar surface area (TPSA) is 57.5 Å². The van der Waals surface area contributed by atoms with Crippen LogP contribution < -0.4 is 0 Å². The van der Waals surface area contributed by atoms with Gasteiger partial charge in [0.15, 0.2) is 0 Å². The first kappa shape index (κ1) is 13.2. The van der Waals surface area contributed by atoms with Crippen molar-refractivity contribution >= 4 is 5.97 Å². The molecule has 3 nitrogen and oxygen atoms in total. The molecule has 0 amide bonds. The second-order valence-corrected chi connectivity index (χ2v) is 4.62. The third-order valence-corrected chi connectivity index (χ3v) is 3.17. The number of aliphatic hydroxyl groups excluding tert-OH is 1. The van der Waals surface area contributed by atoms with Gasteiger partial charge >= 0.3 is 5.97 Å². The first-order chi connectivity index (χ1) is 9.19. The Morgan fingerprint density at radius 1 is 1.21 bits per heavy atom. The van der Waals surface area contributed by atoms with E-state index in [1.165, 1.54) is 12.1 Å². The van der Waals surface area contributed by atoms with Crippen molar-refractivity contribution in [2.24, 2.45) is 11.8 Å².